The van der Waals surface area contributed by atoms with Crippen molar-refractivity contribution in [2.75, 3.05) is 46.4 Å². The molecule has 1 unspecified atom stereocenters. The zero-order valence-corrected chi connectivity index (χ0v) is 19.7. The number of rotatable bonds is 9. The molecule has 8 heteroatoms. The Morgan fingerprint density at radius 1 is 1.38 bits per heavy atom. The molecule has 1 fully saturated rings. The van der Waals surface area contributed by atoms with Crippen LogP contribution in [0.25, 0.3) is 10.9 Å². The van der Waals surface area contributed by atoms with Gasteiger partial charge in [0.15, 0.2) is 5.96 Å². The van der Waals surface area contributed by atoms with Crippen molar-refractivity contribution in [2.45, 2.75) is 32.2 Å². The zero-order chi connectivity index (χ0) is 19.8. The van der Waals surface area contributed by atoms with Crippen LogP contribution in [0, 0.1) is 5.82 Å². The summed E-state index contributed by atoms with van der Waals surface area (Å²) in [6.07, 6.45) is 5.18. The minimum absolute atomic E-state index is 0. The van der Waals surface area contributed by atoms with E-state index in [0.717, 1.165) is 68.2 Å². The maximum Gasteiger partial charge on any atom is 0.191 e. The number of aromatic amines is 1. The number of aromatic nitrogens is 1. The van der Waals surface area contributed by atoms with Gasteiger partial charge in [-0.05, 0) is 56.5 Å². The first-order valence-electron chi connectivity index (χ1n) is 10.2. The first kappa shape index (κ1) is 23.9. The van der Waals surface area contributed by atoms with Crippen molar-refractivity contribution < 1.29 is 9.13 Å². The summed E-state index contributed by atoms with van der Waals surface area (Å²) in [6, 6.07) is 5.34. The number of hydrogen-bond donors (Lipinski definition) is 3. The van der Waals surface area contributed by atoms with Gasteiger partial charge in [-0.25, -0.2) is 4.39 Å². The van der Waals surface area contributed by atoms with Gasteiger partial charge in [0.1, 0.15) is 5.82 Å². The van der Waals surface area contributed by atoms with E-state index >= 15 is 0 Å². The van der Waals surface area contributed by atoms with E-state index < -0.39 is 0 Å². The molecule has 1 atom stereocenters. The molecule has 2 heterocycles. The van der Waals surface area contributed by atoms with Gasteiger partial charge in [-0.3, -0.25) is 9.89 Å². The predicted molar refractivity (Wildman–Crippen MR) is 128 cm³/mol. The second kappa shape index (κ2) is 12.3. The van der Waals surface area contributed by atoms with Gasteiger partial charge < -0.3 is 20.4 Å². The van der Waals surface area contributed by atoms with Gasteiger partial charge in [0.05, 0.1) is 13.2 Å². The maximum absolute atomic E-state index is 13.5. The topological polar surface area (TPSA) is 64.7 Å². The Morgan fingerprint density at radius 3 is 3.03 bits per heavy atom. The van der Waals surface area contributed by atoms with E-state index in [9.17, 15) is 4.39 Å². The fraction of sp³-hybridized carbons (Fsp3) is 0.571. The van der Waals surface area contributed by atoms with Crippen molar-refractivity contribution in [3.8, 4) is 0 Å². The highest BCUT2D eigenvalue weighted by Crippen LogP contribution is 2.19. The number of methoxy groups -OCH3 is 1. The Morgan fingerprint density at radius 2 is 2.24 bits per heavy atom. The third kappa shape index (κ3) is 6.82. The van der Waals surface area contributed by atoms with Gasteiger partial charge in [-0.15, -0.1) is 24.0 Å². The van der Waals surface area contributed by atoms with Crippen LogP contribution in [-0.4, -0.2) is 68.3 Å². The van der Waals surface area contributed by atoms with Crippen LogP contribution in [0.2, 0.25) is 0 Å². The Hall–Kier alpha value is -1.39. The van der Waals surface area contributed by atoms with E-state index in [-0.39, 0.29) is 29.8 Å². The summed E-state index contributed by atoms with van der Waals surface area (Å²) in [5.74, 6) is 0.637. The average molecular weight is 517 g/mol. The molecule has 162 valence electrons. The molecule has 3 rings (SSSR count). The highest BCUT2D eigenvalue weighted by atomic mass is 127. The molecule has 6 nitrogen and oxygen atoms in total. The molecule has 0 bridgehead atoms. The Balaban J connectivity index is 0.00000300. The third-order valence-electron chi connectivity index (χ3n) is 5.30. The van der Waals surface area contributed by atoms with Crippen molar-refractivity contribution in [3.05, 3.63) is 35.8 Å². The van der Waals surface area contributed by atoms with Gasteiger partial charge in [0, 0.05) is 49.9 Å². The lowest BCUT2D eigenvalue weighted by Crippen LogP contribution is -2.40. The molecule has 0 amide bonds. The van der Waals surface area contributed by atoms with Crippen molar-refractivity contribution in [3.63, 3.8) is 0 Å². The molecule has 0 spiro atoms. The molecule has 0 radical (unpaired) electrons. The van der Waals surface area contributed by atoms with Crippen LogP contribution in [-0.2, 0) is 11.2 Å². The van der Waals surface area contributed by atoms with E-state index in [1.165, 1.54) is 18.9 Å². The number of halogens is 2. The van der Waals surface area contributed by atoms with Gasteiger partial charge in [0.2, 0.25) is 0 Å². The molecule has 0 aliphatic carbocycles. The van der Waals surface area contributed by atoms with Crippen LogP contribution in [0.1, 0.15) is 25.3 Å². The van der Waals surface area contributed by atoms with Gasteiger partial charge in [-0.2, -0.15) is 0 Å². The van der Waals surface area contributed by atoms with Crippen molar-refractivity contribution >= 4 is 40.8 Å². The number of likely N-dealkylation sites (tertiary alicyclic amines) is 1. The highest BCUT2D eigenvalue weighted by Gasteiger charge is 2.23. The first-order chi connectivity index (χ1) is 13.7. The second-order valence-corrected chi connectivity index (χ2v) is 7.23. The summed E-state index contributed by atoms with van der Waals surface area (Å²) in [4.78, 5) is 10.5. The molecule has 2 aromatic rings. The van der Waals surface area contributed by atoms with Gasteiger partial charge >= 0.3 is 0 Å². The molecule has 1 saturated heterocycles. The number of aliphatic imine (C=N–C) groups is 1. The summed E-state index contributed by atoms with van der Waals surface area (Å²) in [5, 5.41) is 7.67. The summed E-state index contributed by atoms with van der Waals surface area (Å²) in [5.41, 5.74) is 2.08. The molecule has 1 aliphatic rings. The molecule has 3 N–H and O–H groups in total. The molecular weight excluding hydrogens is 484 g/mol. The Bertz CT molecular complexity index is 782. The van der Waals surface area contributed by atoms with Crippen molar-refractivity contribution in [1.82, 2.24) is 20.5 Å². The van der Waals surface area contributed by atoms with Crippen LogP contribution < -0.4 is 10.6 Å². The van der Waals surface area contributed by atoms with E-state index in [0.29, 0.717) is 6.04 Å². The quantitative estimate of drug-likeness (QED) is 0.272. The van der Waals surface area contributed by atoms with E-state index in [1.807, 2.05) is 6.20 Å². The number of nitrogens with one attached hydrogen (secondary N) is 3. The monoisotopic (exact) mass is 517 g/mol. The highest BCUT2D eigenvalue weighted by molar-refractivity contribution is 14.0. The first-order valence-corrected chi connectivity index (χ1v) is 10.2. The zero-order valence-electron chi connectivity index (χ0n) is 17.3. The molecule has 1 aromatic carbocycles. The number of ether oxygens (including phenoxy) is 1. The van der Waals surface area contributed by atoms with E-state index in [2.05, 4.69) is 27.4 Å². The lowest BCUT2D eigenvalue weighted by molar-refractivity contribution is 0.142. The van der Waals surface area contributed by atoms with Gasteiger partial charge in [-0.1, -0.05) is 0 Å². The van der Waals surface area contributed by atoms with Crippen LogP contribution in [0.3, 0.4) is 0 Å². The molecule has 29 heavy (non-hydrogen) atoms. The van der Waals surface area contributed by atoms with Crippen LogP contribution >= 0.6 is 24.0 Å². The number of hydrogen-bond acceptors (Lipinski definition) is 3. The third-order valence-corrected chi connectivity index (χ3v) is 5.30. The van der Waals surface area contributed by atoms with Crippen LogP contribution in [0.15, 0.2) is 29.4 Å². The average Bonchev–Trinajstić information content (AvgIpc) is 3.31. The lowest BCUT2D eigenvalue weighted by Gasteiger charge is -2.23. The summed E-state index contributed by atoms with van der Waals surface area (Å²) in [7, 11) is 1.75. The minimum atomic E-state index is -0.203. The second-order valence-electron chi connectivity index (χ2n) is 7.23. The van der Waals surface area contributed by atoms with Crippen LogP contribution in [0.4, 0.5) is 4.39 Å². The summed E-state index contributed by atoms with van der Waals surface area (Å²) >= 11 is 0. The van der Waals surface area contributed by atoms with E-state index in [1.54, 1.807) is 19.2 Å². The largest absolute Gasteiger partial charge is 0.383 e. The van der Waals surface area contributed by atoms with Gasteiger partial charge in [0.25, 0.3) is 0 Å². The number of fused-ring (bicyclic) bond motifs is 1. The standard InChI is InChI=1S/C21H32FN5O.HI/c1-3-23-21(26-15-18-5-4-10-27(18)11-12-28-2)24-9-8-16-14-25-20-7-6-17(22)13-19(16)20;/h6-7,13-14,18,25H,3-5,8-12,15H2,1-2H3,(H2,23,24,26);1H. The SMILES string of the molecule is CCNC(=NCC1CCCN1CCOC)NCCc1c[nH]c2ccc(F)cc12.I. The molecule has 1 aliphatic heterocycles. The molecular formula is C21H33FIN5O. The predicted octanol–water partition coefficient (Wildman–Crippen LogP) is 3.13. The van der Waals surface area contributed by atoms with Crippen LogP contribution in [0.5, 0.6) is 0 Å². The fourth-order valence-corrected chi connectivity index (χ4v) is 3.82. The normalized spacial score (nSPS) is 17.5. The molecule has 1 aromatic heterocycles. The molecule has 0 saturated carbocycles. The number of guanidine groups is 1. The minimum Gasteiger partial charge on any atom is -0.383 e. The number of H-pyrrole nitrogens is 1. The number of benzene rings is 1. The van der Waals surface area contributed by atoms with Crippen molar-refractivity contribution in [1.29, 1.82) is 0 Å². The maximum atomic E-state index is 13.5. The number of nitrogens with zero attached hydrogens (tertiary/aromatic N) is 2. The Labute approximate surface area is 189 Å². The Kier molecular flexibility index (Phi) is 10.2. The fourth-order valence-electron chi connectivity index (χ4n) is 3.82. The lowest BCUT2D eigenvalue weighted by atomic mass is 10.1. The van der Waals surface area contributed by atoms with Crippen molar-refractivity contribution in [2.24, 2.45) is 4.99 Å². The smallest absolute Gasteiger partial charge is 0.191 e. The summed E-state index contributed by atoms with van der Waals surface area (Å²) < 4.78 is 18.7. The van der Waals surface area contributed by atoms with E-state index in [4.69, 9.17) is 9.73 Å². The summed E-state index contributed by atoms with van der Waals surface area (Å²) in [6.45, 7) is 7.29.